The number of nitrogens with zero attached hydrogens (tertiary/aromatic N) is 4. The summed E-state index contributed by atoms with van der Waals surface area (Å²) in [5.41, 5.74) is 1.14. The van der Waals surface area contributed by atoms with Gasteiger partial charge in [0.2, 0.25) is 11.2 Å². The van der Waals surface area contributed by atoms with Crippen LogP contribution in [0.5, 0.6) is 6.01 Å². The highest BCUT2D eigenvalue weighted by molar-refractivity contribution is 9.10. The summed E-state index contributed by atoms with van der Waals surface area (Å²) in [6.45, 7) is 0.663. The second-order valence-electron chi connectivity index (χ2n) is 3.87. The van der Waals surface area contributed by atoms with Gasteiger partial charge in [-0.05, 0) is 29.3 Å². The SMILES string of the molecule is COc1nc(Cl)nc(N(C)Cc2ccc(Br)cc2)n1. The first-order chi connectivity index (χ1) is 9.08. The Bertz CT molecular complexity index is 564. The van der Waals surface area contributed by atoms with E-state index in [1.54, 1.807) is 0 Å². The first kappa shape index (κ1) is 14.0. The van der Waals surface area contributed by atoms with Crippen LogP contribution in [0.2, 0.25) is 5.28 Å². The number of benzene rings is 1. The number of hydrogen-bond donors (Lipinski definition) is 0. The minimum absolute atomic E-state index is 0.115. The zero-order valence-electron chi connectivity index (χ0n) is 10.5. The molecule has 0 aliphatic carbocycles. The molecule has 0 unspecified atom stereocenters. The molecule has 0 bridgehead atoms. The molecule has 0 aliphatic rings. The number of methoxy groups -OCH3 is 1. The van der Waals surface area contributed by atoms with Gasteiger partial charge in [-0.15, -0.1) is 0 Å². The smallest absolute Gasteiger partial charge is 0.322 e. The number of halogens is 2. The summed E-state index contributed by atoms with van der Waals surface area (Å²) in [5, 5.41) is 0.115. The molecule has 1 aromatic carbocycles. The molecule has 0 fully saturated rings. The predicted octanol–water partition coefficient (Wildman–Crippen LogP) is 2.93. The number of rotatable bonds is 4. The monoisotopic (exact) mass is 342 g/mol. The van der Waals surface area contributed by atoms with E-state index >= 15 is 0 Å². The maximum atomic E-state index is 5.82. The maximum absolute atomic E-state index is 5.82. The zero-order chi connectivity index (χ0) is 13.8. The van der Waals surface area contributed by atoms with Gasteiger partial charge in [-0.25, -0.2) is 0 Å². The Morgan fingerprint density at radius 1 is 1.21 bits per heavy atom. The number of aromatic nitrogens is 3. The van der Waals surface area contributed by atoms with E-state index in [-0.39, 0.29) is 11.3 Å². The molecule has 0 atom stereocenters. The molecular formula is C12H12BrClN4O. The molecule has 0 spiro atoms. The van der Waals surface area contributed by atoms with Crippen molar-refractivity contribution in [2.45, 2.75) is 6.54 Å². The summed E-state index contributed by atoms with van der Waals surface area (Å²) in [6.07, 6.45) is 0. The van der Waals surface area contributed by atoms with Gasteiger partial charge in [0, 0.05) is 18.1 Å². The van der Waals surface area contributed by atoms with E-state index in [4.69, 9.17) is 16.3 Å². The third-order valence-corrected chi connectivity index (χ3v) is 3.13. The molecule has 100 valence electrons. The average molecular weight is 344 g/mol. The maximum Gasteiger partial charge on any atom is 0.322 e. The predicted molar refractivity (Wildman–Crippen MR) is 77.6 cm³/mol. The van der Waals surface area contributed by atoms with Gasteiger partial charge in [0.1, 0.15) is 0 Å². The average Bonchev–Trinajstić information content (AvgIpc) is 2.40. The normalized spacial score (nSPS) is 10.3. The van der Waals surface area contributed by atoms with Crippen LogP contribution in [0.4, 0.5) is 5.95 Å². The van der Waals surface area contributed by atoms with Crippen LogP contribution in [0.25, 0.3) is 0 Å². The molecule has 0 saturated carbocycles. The molecule has 0 aliphatic heterocycles. The first-order valence-corrected chi connectivity index (χ1v) is 6.66. The second-order valence-corrected chi connectivity index (χ2v) is 5.13. The van der Waals surface area contributed by atoms with Gasteiger partial charge in [-0.1, -0.05) is 28.1 Å². The molecule has 2 aromatic rings. The largest absolute Gasteiger partial charge is 0.467 e. The van der Waals surface area contributed by atoms with Crippen LogP contribution < -0.4 is 9.64 Å². The molecule has 1 aromatic heterocycles. The van der Waals surface area contributed by atoms with E-state index in [0.29, 0.717) is 12.5 Å². The fourth-order valence-electron chi connectivity index (χ4n) is 1.52. The van der Waals surface area contributed by atoms with Crippen molar-refractivity contribution in [2.24, 2.45) is 0 Å². The Morgan fingerprint density at radius 2 is 1.89 bits per heavy atom. The Hall–Kier alpha value is -1.40. The van der Waals surface area contributed by atoms with Gasteiger partial charge in [-0.3, -0.25) is 0 Å². The van der Waals surface area contributed by atoms with E-state index in [1.165, 1.54) is 7.11 Å². The van der Waals surface area contributed by atoms with Crippen LogP contribution >= 0.6 is 27.5 Å². The molecule has 0 N–H and O–H groups in total. The molecule has 0 amide bonds. The van der Waals surface area contributed by atoms with E-state index in [9.17, 15) is 0 Å². The molecule has 0 radical (unpaired) electrons. The van der Waals surface area contributed by atoms with Gasteiger partial charge in [0.05, 0.1) is 7.11 Å². The minimum atomic E-state index is 0.115. The van der Waals surface area contributed by atoms with Crippen molar-refractivity contribution in [2.75, 3.05) is 19.1 Å². The van der Waals surface area contributed by atoms with Crippen molar-refractivity contribution in [1.82, 2.24) is 15.0 Å². The summed E-state index contributed by atoms with van der Waals surface area (Å²) in [5.74, 6) is 0.472. The van der Waals surface area contributed by atoms with Gasteiger partial charge >= 0.3 is 6.01 Å². The summed E-state index contributed by atoms with van der Waals surface area (Å²) in [7, 11) is 3.37. The Labute approximate surface area is 124 Å². The van der Waals surface area contributed by atoms with Crippen molar-refractivity contribution in [1.29, 1.82) is 0 Å². The Balaban J connectivity index is 2.17. The van der Waals surface area contributed by atoms with Crippen LogP contribution in [-0.4, -0.2) is 29.1 Å². The van der Waals surface area contributed by atoms with Crippen molar-refractivity contribution >= 4 is 33.5 Å². The number of ether oxygens (including phenoxy) is 1. The third-order valence-electron chi connectivity index (χ3n) is 2.43. The molecule has 2 rings (SSSR count). The van der Waals surface area contributed by atoms with Crippen molar-refractivity contribution in [3.05, 3.63) is 39.6 Å². The van der Waals surface area contributed by atoms with Gasteiger partial charge in [0.15, 0.2) is 0 Å². The quantitative estimate of drug-likeness (QED) is 0.854. The van der Waals surface area contributed by atoms with E-state index in [2.05, 4.69) is 30.9 Å². The summed E-state index contributed by atoms with van der Waals surface area (Å²) >= 11 is 9.23. The fraction of sp³-hybridized carbons (Fsp3) is 0.250. The van der Waals surface area contributed by atoms with Crippen molar-refractivity contribution < 1.29 is 4.74 Å². The topological polar surface area (TPSA) is 51.1 Å². The highest BCUT2D eigenvalue weighted by atomic mass is 79.9. The molecular weight excluding hydrogens is 332 g/mol. The first-order valence-electron chi connectivity index (χ1n) is 5.49. The van der Waals surface area contributed by atoms with Crippen LogP contribution in [0, 0.1) is 0 Å². The molecule has 19 heavy (non-hydrogen) atoms. The minimum Gasteiger partial charge on any atom is -0.467 e. The molecule has 0 saturated heterocycles. The third kappa shape index (κ3) is 3.78. The lowest BCUT2D eigenvalue weighted by Gasteiger charge is -2.17. The van der Waals surface area contributed by atoms with Crippen molar-refractivity contribution in [3.8, 4) is 6.01 Å². The highest BCUT2D eigenvalue weighted by Crippen LogP contribution is 2.17. The molecule has 7 heteroatoms. The van der Waals surface area contributed by atoms with Crippen LogP contribution in [0.15, 0.2) is 28.7 Å². The second kappa shape index (κ2) is 6.16. The van der Waals surface area contributed by atoms with E-state index < -0.39 is 0 Å². The van der Waals surface area contributed by atoms with Gasteiger partial charge in [-0.2, -0.15) is 15.0 Å². The Kier molecular flexibility index (Phi) is 4.55. The molecule has 1 heterocycles. The lowest BCUT2D eigenvalue weighted by Crippen LogP contribution is -2.19. The van der Waals surface area contributed by atoms with Gasteiger partial charge in [0.25, 0.3) is 0 Å². The number of hydrogen-bond acceptors (Lipinski definition) is 5. The number of anilines is 1. The lowest BCUT2D eigenvalue weighted by molar-refractivity contribution is 0.378. The van der Waals surface area contributed by atoms with E-state index in [0.717, 1.165) is 10.0 Å². The summed E-state index contributed by atoms with van der Waals surface area (Å²) in [6, 6.07) is 8.24. The van der Waals surface area contributed by atoms with E-state index in [1.807, 2.05) is 36.2 Å². The standard InChI is InChI=1S/C12H12BrClN4O/c1-18(7-8-3-5-9(13)6-4-8)11-15-10(14)16-12(17-11)19-2/h3-6H,7H2,1-2H3. The van der Waals surface area contributed by atoms with Crippen LogP contribution in [-0.2, 0) is 6.54 Å². The molecule has 5 nitrogen and oxygen atoms in total. The zero-order valence-corrected chi connectivity index (χ0v) is 12.8. The lowest BCUT2D eigenvalue weighted by atomic mass is 10.2. The summed E-state index contributed by atoms with van der Waals surface area (Å²) < 4.78 is 6.02. The Morgan fingerprint density at radius 3 is 2.53 bits per heavy atom. The van der Waals surface area contributed by atoms with Gasteiger partial charge < -0.3 is 9.64 Å². The van der Waals surface area contributed by atoms with Crippen molar-refractivity contribution in [3.63, 3.8) is 0 Å². The van der Waals surface area contributed by atoms with Crippen LogP contribution in [0.1, 0.15) is 5.56 Å². The highest BCUT2D eigenvalue weighted by Gasteiger charge is 2.10. The van der Waals surface area contributed by atoms with Crippen LogP contribution in [0.3, 0.4) is 0 Å². The summed E-state index contributed by atoms with van der Waals surface area (Å²) in [4.78, 5) is 13.9. The fourth-order valence-corrected chi connectivity index (χ4v) is 1.93.